The van der Waals surface area contributed by atoms with Crippen molar-refractivity contribution in [1.29, 1.82) is 0 Å². The molecule has 2 aromatic carbocycles. The number of carbonyl (C=O) groups is 2. The second-order valence-electron chi connectivity index (χ2n) is 7.62. The van der Waals surface area contributed by atoms with Crippen molar-refractivity contribution in [3.05, 3.63) is 83.3 Å². The fourth-order valence-electron chi connectivity index (χ4n) is 3.91. The Bertz CT molecular complexity index is 1180. The molecule has 1 saturated heterocycles. The SMILES string of the molecule is O=C(Nc1ccc(C(=O)N2CCC[C@@H](c3nc4ccccc4s3)C2)cc1)c1ccco1. The number of benzene rings is 2. The zero-order valence-electron chi connectivity index (χ0n) is 16.8. The summed E-state index contributed by atoms with van der Waals surface area (Å²) in [6.45, 7) is 1.42. The lowest BCUT2D eigenvalue weighted by atomic mass is 9.98. The molecule has 0 bridgehead atoms. The van der Waals surface area contributed by atoms with Gasteiger partial charge in [-0.2, -0.15) is 0 Å². The van der Waals surface area contributed by atoms with Crippen LogP contribution >= 0.6 is 11.3 Å². The molecule has 1 aliphatic rings. The molecule has 1 atom stereocenters. The lowest BCUT2D eigenvalue weighted by Gasteiger charge is -2.32. The Morgan fingerprint density at radius 2 is 1.90 bits per heavy atom. The molecule has 1 N–H and O–H groups in total. The van der Waals surface area contributed by atoms with Crippen LogP contribution < -0.4 is 5.32 Å². The third kappa shape index (κ3) is 4.09. The Labute approximate surface area is 183 Å². The van der Waals surface area contributed by atoms with Gasteiger partial charge in [-0.05, 0) is 61.4 Å². The van der Waals surface area contributed by atoms with Crippen LogP contribution in [0.15, 0.2) is 71.3 Å². The van der Waals surface area contributed by atoms with Gasteiger partial charge in [0.25, 0.3) is 11.8 Å². The zero-order valence-corrected chi connectivity index (χ0v) is 17.6. The molecule has 2 aromatic heterocycles. The van der Waals surface area contributed by atoms with Crippen molar-refractivity contribution in [2.45, 2.75) is 18.8 Å². The highest BCUT2D eigenvalue weighted by Crippen LogP contribution is 2.33. The molecule has 0 aliphatic carbocycles. The molecule has 1 aliphatic heterocycles. The van der Waals surface area contributed by atoms with E-state index in [4.69, 9.17) is 9.40 Å². The number of anilines is 1. The van der Waals surface area contributed by atoms with Crippen LogP contribution in [-0.2, 0) is 0 Å². The van der Waals surface area contributed by atoms with E-state index in [9.17, 15) is 9.59 Å². The molecule has 0 radical (unpaired) electrons. The summed E-state index contributed by atoms with van der Waals surface area (Å²) in [5.74, 6) is 0.199. The van der Waals surface area contributed by atoms with Crippen molar-refractivity contribution < 1.29 is 14.0 Å². The first-order valence-electron chi connectivity index (χ1n) is 10.3. The number of furan rings is 1. The second kappa shape index (κ2) is 8.35. The summed E-state index contributed by atoms with van der Waals surface area (Å²) < 4.78 is 6.29. The van der Waals surface area contributed by atoms with Crippen molar-refractivity contribution in [2.75, 3.05) is 18.4 Å². The van der Waals surface area contributed by atoms with Crippen LogP contribution in [0.1, 0.15) is 44.7 Å². The summed E-state index contributed by atoms with van der Waals surface area (Å²) in [4.78, 5) is 31.9. The van der Waals surface area contributed by atoms with Gasteiger partial charge in [-0.3, -0.25) is 9.59 Å². The maximum atomic E-state index is 13.1. The highest BCUT2D eigenvalue weighted by molar-refractivity contribution is 7.18. The van der Waals surface area contributed by atoms with E-state index in [1.54, 1.807) is 47.7 Å². The van der Waals surface area contributed by atoms with E-state index in [2.05, 4.69) is 11.4 Å². The van der Waals surface area contributed by atoms with Crippen LogP contribution in [0.2, 0.25) is 0 Å². The predicted octanol–water partition coefficient (Wildman–Crippen LogP) is 5.16. The molecule has 2 amide bonds. The molecule has 5 rings (SSSR count). The van der Waals surface area contributed by atoms with E-state index in [-0.39, 0.29) is 23.5 Å². The number of hydrogen-bond acceptors (Lipinski definition) is 5. The number of para-hydroxylation sites is 1. The summed E-state index contributed by atoms with van der Waals surface area (Å²) in [7, 11) is 0. The number of nitrogens with one attached hydrogen (secondary N) is 1. The largest absolute Gasteiger partial charge is 0.459 e. The fourth-order valence-corrected chi connectivity index (χ4v) is 5.00. The Balaban J connectivity index is 1.26. The van der Waals surface area contributed by atoms with E-state index in [0.717, 1.165) is 29.9 Å². The van der Waals surface area contributed by atoms with E-state index in [1.807, 2.05) is 23.1 Å². The standard InChI is InChI=1S/C24H21N3O3S/c28-22(20-7-4-14-30-20)25-18-11-9-16(10-12-18)24(29)27-13-3-5-17(15-27)23-26-19-6-1-2-8-21(19)31-23/h1-2,4,6-12,14,17H,3,5,13,15H2,(H,25,28)/t17-/m1/s1. The first-order valence-corrected chi connectivity index (χ1v) is 11.1. The van der Waals surface area contributed by atoms with Gasteiger partial charge in [0.2, 0.25) is 0 Å². The average molecular weight is 432 g/mol. The lowest BCUT2D eigenvalue weighted by Crippen LogP contribution is -2.39. The van der Waals surface area contributed by atoms with Crippen molar-refractivity contribution in [1.82, 2.24) is 9.88 Å². The van der Waals surface area contributed by atoms with Gasteiger partial charge < -0.3 is 14.6 Å². The van der Waals surface area contributed by atoms with E-state index < -0.39 is 0 Å². The predicted molar refractivity (Wildman–Crippen MR) is 121 cm³/mol. The van der Waals surface area contributed by atoms with Gasteiger partial charge >= 0.3 is 0 Å². The van der Waals surface area contributed by atoms with Gasteiger partial charge in [-0.25, -0.2) is 4.98 Å². The quantitative estimate of drug-likeness (QED) is 0.484. The number of rotatable bonds is 4. The maximum absolute atomic E-state index is 13.1. The number of aromatic nitrogens is 1. The minimum atomic E-state index is -0.321. The summed E-state index contributed by atoms with van der Waals surface area (Å²) in [6.07, 6.45) is 3.46. The van der Waals surface area contributed by atoms with Gasteiger partial charge in [-0.1, -0.05) is 12.1 Å². The maximum Gasteiger partial charge on any atom is 0.291 e. The van der Waals surface area contributed by atoms with Crippen LogP contribution in [-0.4, -0.2) is 34.8 Å². The molecule has 31 heavy (non-hydrogen) atoms. The molecule has 3 heterocycles. The summed E-state index contributed by atoms with van der Waals surface area (Å²) in [6, 6.07) is 18.4. The number of nitrogens with zero attached hydrogens (tertiary/aromatic N) is 2. The Morgan fingerprint density at radius 3 is 2.68 bits per heavy atom. The third-order valence-corrected chi connectivity index (χ3v) is 6.70. The van der Waals surface area contributed by atoms with Gasteiger partial charge in [0.05, 0.1) is 21.5 Å². The zero-order chi connectivity index (χ0) is 21.2. The Morgan fingerprint density at radius 1 is 1.06 bits per heavy atom. The minimum Gasteiger partial charge on any atom is -0.459 e. The monoisotopic (exact) mass is 431 g/mol. The molecular weight excluding hydrogens is 410 g/mol. The molecular formula is C24H21N3O3S. The van der Waals surface area contributed by atoms with Gasteiger partial charge in [0.15, 0.2) is 5.76 Å². The first-order chi connectivity index (χ1) is 15.2. The smallest absolute Gasteiger partial charge is 0.291 e. The van der Waals surface area contributed by atoms with Crippen LogP contribution in [0.25, 0.3) is 10.2 Å². The van der Waals surface area contributed by atoms with Crippen LogP contribution in [0, 0.1) is 0 Å². The van der Waals surface area contributed by atoms with Crippen LogP contribution in [0.5, 0.6) is 0 Å². The molecule has 1 fully saturated rings. The highest BCUT2D eigenvalue weighted by atomic mass is 32.1. The molecule has 0 saturated carbocycles. The third-order valence-electron chi connectivity index (χ3n) is 5.50. The molecule has 0 unspecified atom stereocenters. The number of carbonyl (C=O) groups excluding carboxylic acids is 2. The average Bonchev–Trinajstić information content (AvgIpc) is 3.49. The first kappa shape index (κ1) is 19.5. The van der Waals surface area contributed by atoms with Crippen molar-refractivity contribution in [3.63, 3.8) is 0 Å². The minimum absolute atomic E-state index is 0.00900. The summed E-state index contributed by atoms with van der Waals surface area (Å²) in [5, 5.41) is 3.87. The summed E-state index contributed by atoms with van der Waals surface area (Å²) in [5.41, 5.74) is 2.25. The van der Waals surface area contributed by atoms with Gasteiger partial charge in [0.1, 0.15) is 0 Å². The topological polar surface area (TPSA) is 75.4 Å². The van der Waals surface area contributed by atoms with Crippen molar-refractivity contribution in [3.8, 4) is 0 Å². The molecule has 7 heteroatoms. The highest BCUT2D eigenvalue weighted by Gasteiger charge is 2.27. The number of fused-ring (bicyclic) bond motifs is 1. The number of hydrogen-bond donors (Lipinski definition) is 1. The number of piperidine rings is 1. The second-order valence-corrected chi connectivity index (χ2v) is 8.68. The van der Waals surface area contributed by atoms with E-state index >= 15 is 0 Å². The van der Waals surface area contributed by atoms with Crippen molar-refractivity contribution in [2.24, 2.45) is 0 Å². The Hall–Kier alpha value is -3.45. The van der Waals surface area contributed by atoms with Gasteiger partial charge in [0, 0.05) is 30.3 Å². The Kier molecular flexibility index (Phi) is 5.26. The lowest BCUT2D eigenvalue weighted by molar-refractivity contribution is 0.0707. The van der Waals surface area contributed by atoms with E-state index in [0.29, 0.717) is 17.8 Å². The van der Waals surface area contributed by atoms with Crippen LogP contribution in [0.3, 0.4) is 0 Å². The number of likely N-dealkylation sites (tertiary alicyclic amines) is 1. The van der Waals surface area contributed by atoms with Crippen molar-refractivity contribution >= 4 is 39.1 Å². The number of thiazole rings is 1. The normalized spacial score (nSPS) is 16.4. The molecule has 4 aromatic rings. The van der Waals surface area contributed by atoms with E-state index in [1.165, 1.54) is 11.0 Å². The fraction of sp³-hybridized carbons (Fsp3) is 0.208. The summed E-state index contributed by atoms with van der Waals surface area (Å²) >= 11 is 1.72. The molecule has 0 spiro atoms. The van der Waals surface area contributed by atoms with Crippen LogP contribution in [0.4, 0.5) is 5.69 Å². The number of amides is 2. The van der Waals surface area contributed by atoms with Gasteiger partial charge in [-0.15, -0.1) is 11.3 Å². The molecule has 6 nitrogen and oxygen atoms in total. The molecule has 156 valence electrons.